The van der Waals surface area contributed by atoms with Gasteiger partial charge in [0.05, 0.1) is 10.7 Å². The molecule has 2 aromatic rings. The maximum atomic E-state index is 11.4. The average molecular weight is 323 g/mol. The van der Waals surface area contributed by atoms with E-state index in [1.165, 1.54) is 0 Å². The monoisotopic (exact) mass is 322 g/mol. The molecule has 0 aliphatic carbocycles. The molecule has 2 aromatic carbocycles. The second-order valence-corrected chi connectivity index (χ2v) is 5.53. The van der Waals surface area contributed by atoms with E-state index in [2.05, 4.69) is 5.32 Å². The van der Waals surface area contributed by atoms with E-state index in [1.807, 2.05) is 6.07 Å². The molecule has 108 valence electrons. The molecule has 0 unspecified atom stereocenters. The smallest absolute Gasteiger partial charge is 0.224 e. The standard InChI is InChI=1S/C15H12Cl2N2O2/c16-9-2-1-3-12(15(9)17)21-13-6-8-4-5-14(20)19-11(8)7-10(13)18/h1-3,6-7H,4-5,18H2,(H,19,20). The Hall–Kier alpha value is -1.91. The first kappa shape index (κ1) is 14.0. The van der Waals surface area contributed by atoms with E-state index in [0.29, 0.717) is 40.1 Å². The number of ether oxygens (including phenoxy) is 1. The lowest BCUT2D eigenvalue weighted by molar-refractivity contribution is -0.116. The Kier molecular flexibility index (Phi) is 3.66. The number of nitrogens with one attached hydrogen (secondary N) is 1. The molecular weight excluding hydrogens is 311 g/mol. The van der Waals surface area contributed by atoms with Gasteiger partial charge in [0.2, 0.25) is 5.91 Å². The number of benzene rings is 2. The third kappa shape index (κ3) is 2.77. The summed E-state index contributed by atoms with van der Waals surface area (Å²) in [5.74, 6) is 0.929. The summed E-state index contributed by atoms with van der Waals surface area (Å²) < 4.78 is 5.76. The number of halogens is 2. The van der Waals surface area contributed by atoms with Gasteiger partial charge in [0.1, 0.15) is 10.8 Å². The Morgan fingerprint density at radius 2 is 1.95 bits per heavy atom. The molecule has 3 rings (SSSR count). The van der Waals surface area contributed by atoms with Gasteiger partial charge in [-0.1, -0.05) is 29.3 Å². The molecule has 0 saturated heterocycles. The van der Waals surface area contributed by atoms with Crippen molar-refractivity contribution in [3.8, 4) is 11.5 Å². The van der Waals surface area contributed by atoms with Crippen molar-refractivity contribution in [3.05, 3.63) is 45.9 Å². The number of anilines is 2. The van der Waals surface area contributed by atoms with Gasteiger partial charge in [-0.3, -0.25) is 4.79 Å². The Morgan fingerprint density at radius 1 is 1.14 bits per heavy atom. The van der Waals surface area contributed by atoms with Gasteiger partial charge in [-0.15, -0.1) is 0 Å². The van der Waals surface area contributed by atoms with Crippen molar-refractivity contribution in [3.63, 3.8) is 0 Å². The molecule has 0 bridgehead atoms. The Balaban J connectivity index is 1.96. The van der Waals surface area contributed by atoms with Gasteiger partial charge in [0, 0.05) is 12.1 Å². The molecular formula is C15H12Cl2N2O2. The molecule has 0 fully saturated rings. The van der Waals surface area contributed by atoms with Crippen molar-refractivity contribution >= 4 is 40.5 Å². The highest BCUT2D eigenvalue weighted by Crippen LogP contribution is 2.39. The lowest BCUT2D eigenvalue weighted by Crippen LogP contribution is -2.19. The summed E-state index contributed by atoms with van der Waals surface area (Å²) in [6.07, 6.45) is 1.11. The highest BCUT2D eigenvalue weighted by molar-refractivity contribution is 6.42. The lowest BCUT2D eigenvalue weighted by atomic mass is 10.0. The molecule has 1 amide bonds. The van der Waals surface area contributed by atoms with Crippen LogP contribution < -0.4 is 15.8 Å². The average Bonchev–Trinajstić information content (AvgIpc) is 2.45. The van der Waals surface area contributed by atoms with Crippen LogP contribution in [0.2, 0.25) is 10.0 Å². The van der Waals surface area contributed by atoms with Crippen LogP contribution in [0.3, 0.4) is 0 Å². The number of hydrogen-bond donors (Lipinski definition) is 2. The van der Waals surface area contributed by atoms with Crippen LogP contribution in [0.15, 0.2) is 30.3 Å². The number of fused-ring (bicyclic) bond motifs is 1. The molecule has 0 saturated carbocycles. The molecule has 4 nitrogen and oxygen atoms in total. The van der Waals surface area contributed by atoms with Crippen LogP contribution in [0.1, 0.15) is 12.0 Å². The first-order chi connectivity index (χ1) is 10.0. The third-order valence-corrected chi connectivity index (χ3v) is 4.07. The summed E-state index contributed by atoms with van der Waals surface area (Å²) in [4.78, 5) is 11.4. The largest absolute Gasteiger partial charge is 0.454 e. The summed E-state index contributed by atoms with van der Waals surface area (Å²) in [6, 6.07) is 8.66. The van der Waals surface area contributed by atoms with Crippen LogP contribution in [0, 0.1) is 0 Å². The van der Waals surface area contributed by atoms with Crippen LogP contribution in [-0.4, -0.2) is 5.91 Å². The normalized spacial score (nSPS) is 13.5. The van der Waals surface area contributed by atoms with Crippen LogP contribution >= 0.6 is 23.2 Å². The predicted octanol–water partition coefficient (Wildman–Crippen LogP) is 4.25. The second kappa shape index (κ2) is 5.47. The van der Waals surface area contributed by atoms with E-state index >= 15 is 0 Å². The number of rotatable bonds is 2. The van der Waals surface area contributed by atoms with Gasteiger partial charge < -0.3 is 15.8 Å². The highest BCUT2D eigenvalue weighted by Gasteiger charge is 2.18. The Bertz CT molecular complexity index is 732. The zero-order valence-corrected chi connectivity index (χ0v) is 12.5. The lowest BCUT2D eigenvalue weighted by Gasteiger charge is -2.19. The Labute approximate surface area is 131 Å². The second-order valence-electron chi connectivity index (χ2n) is 4.75. The number of nitrogens with two attached hydrogens (primary N) is 1. The van der Waals surface area contributed by atoms with Gasteiger partial charge in [-0.2, -0.15) is 0 Å². The molecule has 3 N–H and O–H groups in total. The quantitative estimate of drug-likeness (QED) is 0.812. The van der Waals surface area contributed by atoms with E-state index in [0.717, 1.165) is 11.3 Å². The predicted molar refractivity (Wildman–Crippen MR) is 84.3 cm³/mol. The molecule has 21 heavy (non-hydrogen) atoms. The van der Waals surface area contributed by atoms with E-state index in [4.69, 9.17) is 33.7 Å². The molecule has 0 aromatic heterocycles. The molecule has 1 aliphatic rings. The van der Waals surface area contributed by atoms with E-state index in [1.54, 1.807) is 24.3 Å². The molecule has 1 aliphatic heterocycles. The van der Waals surface area contributed by atoms with Gasteiger partial charge in [0.25, 0.3) is 0 Å². The van der Waals surface area contributed by atoms with Gasteiger partial charge in [-0.25, -0.2) is 0 Å². The minimum Gasteiger partial charge on any atom is -0.454 e. The minimum atomic E-state index is -0.00606. The van der Waals surface area contributed by atoms with E-state index in [-0.39, 0.29) is 5.91 Å². The van der Waals surface area contributed by atoms with E-state index < -0.39 is 0 Å². The van der Waals surface area contributed by atoms with Crippen molar-refractivity contribution in [1.82, 2.24) is 0 Å². The topological polar surface area (TPSA) is 64.3 Å². The van der Waals surface area contributed by atoms with Crippen molar-refractivity contribution in [2.45, 2.75) is 12.8 Å². The van der Waals surface area contributed by atoms with Crippen LogP contribution in [0.5, 0.6) is 11.5 Å². The molecule has 6 heteroatoms. The minimum absolute atomic E-state index is 0.00606. The highest BCUT2D eigenvalue weighted by atomic mass is 35.5. The molecule has 1 heterocycles. The number of carbonyl (C=O) groups is 1. The molecule has 0 spiro atoms. The number of nitrogen functional groups attached to an aromatic ring is 1. The maximum absolute atomic E-state index is 11.4. The number of hydrogen-bond acceptors (Lipinski definition) is 3. The fraction of sp³-hybridized carbons (Fsp3) is 0.133. The van der Waals surface area contributed by atoms with E-state index in [9.17, 15) is 4.79 Å². The zero-order chi connectivity index (χ0) is 15.0. The van der Waals surface area contributed by atoms with Crippen LogP contribution in [-0.2, 0) is 11.2 Å². The fourth-order valence-corrected chi connectivity index (χ4v) is 2.52. The summed E-state index contributed by atoms with van der Waals surface area (Å²) in [6.45, 7) is 0. The molecule has 0 radical (unpaired) electrons. The van der Waals surface area contributed by atoms with Crippen LogP contribution in [0.4, 0.5) is 11.4 Å². The van der Waals surface area contributed by atoms with Crippen molar-refractivity contribution < 1.29 is 9.53 Å². The van der Waals surface area contributed by atoms with Gasteiger partial charge in [0.15, 0.2) is 5.75 Å². The van der Waals surface area contributed by atoms with Crippen molar-refractivity contribution in [1.29, 1.82) is 0 Å². The zero-order valence-electron chi connectivity index (χ0n) is 11.0. The first-order valence-corrected chi connectivity index (χ1v) is 7.14. The van der Waals surface area contributed by atoms with Gasteiger partial charge >= 0.3 is 0 Å². The summed E-state index contributed by atoms with van der Waals surface area (Å²) >= 11 is 12.1. The summed E-state index contributed by atoms with van der Waals surface area (Å²) in [5, 5.41) is 3.54. The van der Waals surface area contributed by atoms with Crippen LogP contribution in [0.25, 0.3) is 0 Å². The Morgan fingerprint density at radius 3 is 2.76 bits per heavy atom. The van der Waals surface area contributed by atoms with Gasteiger partial charge in [-0.05, 0) is 36.2 Å². The molecule has 0 atom stereocenters. The number of aryl methyl sites for hydroxylation is 1. The number of amides is 1. The van der Waals surface area contributed by atoms with Crippen molar-refractivity contribution in [2.24, 2.45) is 0 Å². The third-order valence-electron chi connectivity index (χ3n) is 3.27. The summed E-state index contributed by atoms with van der Waals surface area (Å²) in [5.41, 5.74) is 8.11. The maximum Gasteiger partial charge on any atom is 0.224 e. The first-order valence-electron chi connectivity index (χ1n) is 6.38. The fourth-order valence-electron chi connectivity index (χ4n) is 2.19. The number of carbonyl (C=O) groups excluding carboxylic acids is 1. The van der Waals surface area contributed by atoms with Crippen molar-refractivity contribution in [2.75, 3.05) is 11.1 Å². The SMILES string of the molecule is Nc1cc2c(cc1Oc1cccc(Cl)c1Cl)CCC(=O)N2. The summed E-state index contributed by atoms with van der Waals surface area (Å²) in [7, 11) is 0.